The predicted molar refractivity (Wildman–Crippen MR) is 119 cm³/mol. The standard InChI is InChI=1S/C25H28N2O3/c1-4-26-25(29)19(3)27(16-20-14-12-18(2)13-15-20)24(28)17-30-23-11-7-9-21-8-5-6-10-22(21)23/h5-15,19H,4,16-17H2,1-3H3,(H,26,29). The molecule has 0 aliphatic carbocycles. The molecule has 3 aromatic rings. The zero-order valence-electron chi connectivity index (χ0n) is 17.7. The van der Waals surface area contributed by atoms with Crippen molar-refractivity contribution in [3.8, 4) is 5.75 Å². The Balaban J connectivity index is 1.78. The summed E-state index contributed by atoms with van der Waals surface area (Å²) in [6.45, 7) is 6.35. The molecular weight excluding hydrogens is 376 g/mol. The molecule has 156 valence electrons. The molecular formula is C25H28N2O3. The number of benzene rings is 3. The number of fused-ring (bicyclic) bond motifs is 1. The van der Waals surface area contributed by atoms with Gasteiger partial charge in [-0.2, -0.15) is 0 Å². The largest absolute Gasteiger partial charge is 0.483 e. The number of hydrogen-bond acceptors (Lipinski definition) is 3. The van der Waals surface area contributed by atoms with E-state index >= 15 is 0 Å². The number of rotatable bonds is 8. The topological polar surface area (TPSA) is 58.6 Å². The maximum absolute atomic E-state index is 13.1. The molecule has 1 N–H and O–H groups in total. The molecule has 0 radical (unpaired) electrons. The molecule has 3 aromatic carbocycles. The van der Waals surface area contributed by atoms with E-state index in [4.69, 9.17) is 4.74 Å². The molecule has 0 spiro atoms. The average molecular weight is 405 g/mol. The van der Waals surface area contributed by atoms with Crippen LogP contribution in [0.15, 0.2) is 66.7 Å². The fourth-order valence-corrected chi connectivity index (χ4v) is 3.34. The van der Waals surface area contributed by atoms with Crippen molar-refractivity contribution in [2.75, 3.05) is 13.2 Å². The van der Waals surface area contributed by atoms with Gasteiger partial charge in [0.25, 0.3) is 5.91 Å². The first-order valence-corrected chi connectivity index (χ1v) is 10.2. The average Bonchev–Trinajstić information content (AvgIpc) is 2.76. The third kappa shape index (κ3) is 5.17. The highest BCUT2D eigenvalue weighted by Crippen LogP contribution is 2.25. The van der Waals surface area contributed by atoms with Gasteiger partial charge in [0, 0.05) is 18.5 Å². The van der Waals surface area contributed by atoms with E-state index in [1.54, 1.807) is 11.8 Å². The summed E-state index contributed by atoms with van der Waals surface area (Å²) >= 11 is 0. The van der Waals surface area contributed by atoms with Crippen LogP contribution in [0, 0.1) is 6.92 Å². The maximum atomic E-state index is 13.1. The van der Waals surface area contributed by atoms with Gasteiger partial charge in [-0.3, -0.25) is 9.59 Å². The molecule has 0 fully saturated rings. The van der Waals surface area contributed by atoms with Gasteiger partial charge in [-0.05, 0) is 37.8 Å². The summed E-state index contributed by atoms with van der Waals surface area (Å²) in [5.41, 5.74) is 2.11. The van der Waals surface area contributed by atoms with Gasteiger partial charge >= 0.3 is 0 Å². The molecule has 0 bridgehead atoms. The van der Waals surface area contributed by atoms with Crippen molar-refractivity contribution in [3.05, 3.63) is 77.9 Å². The van der Waals surface area contributed by atoms with Crippen molar-refractivity contribution in [1.82, 2.24) is 10.2 Å². The van der Waals surface area contributed by atoms with Gasteiger partial charge in [0.05, 0.1) is 0 Å². The summed E-state index contributed by atoms with van der Waals surface area (Å²) in [6, 6.07) is 21.0. The summed E-state index contributed by atoms with van der Waals surface area (Å²) in [5, 5.41) is 4.80. The summed E-state index contributed by atoms with van der Waals surface area (Å²) < 4.78 is 5.89. The monoisotopic (exact) mass is 404 g/mol. The van der Waals surface area contributed by atoms with Gasteiger partial charge in [-0.15, -0.1) is 0 Å². The van der Waals surface area contributed by atoms with Crippen molar-refractivity contribution in [3.63, 3.8) is 0 Å². The number of nitrogens with one attached hydrogen (secondary N) is 1. The molecule has 0 saturated carbocycles. The zero-order chi connectivity index (χ0) is 21.5. The van der Waals surface area contributed by atoms with Gasteiger partial charge in [0.2, 0.25) is 5.91 Å². The van der Waals surface area contributed by atoms with Crippen LogP contribution < -0.4 is 10.1 Å². The van der Waals surface area contributed by atoms with Crippen LogP contribution in [-0.4, -0.2) is 35.9 Å². The molecule has 0 aromatic heterocycles. The SMILES string of the molecule is CCNC(=O)C(C)N(Cc1ccc(C)cc1)C(=O)COc1cccc2ccccc12. The van der Waals surface area contributed by atoms with Crippen LogP contribution in [0.1, 0.15) is 25.0 Å². The second kappa shape index (κ2) is 9.92. The lowest BCUT2D eigenvalue weighted by Gasteiger charge is -2.28. The van der Waals surface area contributed by atoms with Crippen LogP contribution in [0.25, 0.3) is 10.8 Å². The summed E-state index contributed by atoms with van der Waals surface area (Å²) in [5.74, 6) is 0.243. The van der Waals surface area contributed by atoms with E-state index in [0.29, 0.717) is 18.8 Å². The van der Waals surface area contributed by atoms with Crippen LogP contribution in [0.4, 0.5) is 0 Å². The number of carbonyl (C=O) groups is 2. The number of hydrogen-bond donors (Lipinski definition) is 1. The summed E-state index contributed by atoms with van der Waals surface area (Å²) in [7, 11) is 0. The van der Waals surface area contributed by atoms with E-state index in [9.17, 15) is 9.59 Å². The van der Waals surface area contributed by atoms with Crippen molar-refractivity contribution < 1.29 is 14.3 Å². The highest BCUT2D eigenvalue weighted by atomic mass is 16.5. The molecule has 1 unspecified atom stereocenters. The molecule has 0 aliphatic rings. The first kappa shape index (κ1) is 21.4. The van der Waals surface area contributed by atoms with Gasteiger partial charge in [0.1, 0.15) is 11.8 Å². The zero-order valence-corrected chi connectivity index (χ0v) is 17.7. The molecule has 5 heteroatoms. The van der Waals surface area contributed by atoms with Crippen molar-refractivity contribution >= 4 is 22.6 Å². The first-order chi connectivity index (χ1) is 14.5. The Morgan fingerprint density at radius 3 is 2.43 bits per heavy atom. The fourth-order valence-electron chi connectivity index (χ4n) is 3.34. The second-order valence-corrected chi connectivity index (χ2v) is 7.34. The second-order valence-electron chi connectivity index (χ2n) is 7.34. The van der Waals surface area contributed by atoms with E-state index < -0.39 is 6.04 Å². The van der Waals surface area contributed by atoms with Gasteiger partial charge in [0.15, 0.2) is 6.61 Å². The fraction of sp³-hybridized carbons (Fsp3) is 0.280. The smallest absolute Gasteiger partial charge is 0.261 e. The number of amides is 2. The van der Waals surface area contributed by atoms with E-state index in [1.165, 1.54) is 0 Å². The van der Waals surface area contributed by atoms with Gasteiger partial charge in [-0.25, -0.2) is 0 Å². The Hall–Kier alpha value is -3.34. The van der Waals surface area contributed by atoms with E-state index in [-0.39, 0.29) is 18.4 Å². The predicted octanol–water partition coefficient (Wildman–Crippen LogP) is 4.08. The van der Waals surface area contributed by atoms with Crippen LogP contribution in [0.5, 0.6) is 5.75 Å². The van der Waals surface area contributed by atoms with Crippen LogP contribution in [0.3, 0.4) is 0 Å². The van der Waals surface area contributed by atoms with E-state index in [2.05, 4.69) is 5.32 Å². The Kier molecular flexibility index (Phi) is 7.07. The minimum Gasteiger partial charge on any atom is -0.483 e. The number of ether oxygens (including phenoxy) is 1. The van der Waals surface area contributed by atoms with Crippen LogP contribution >= 0.6 is 0 Å². The normalized spacial score (nSPS) is 11.7. The van der Waals surface area contributed by atoms with Gasteiger partial charge < -0.3 is 15.0 Å². The van der Waals surface area contributed by atoms with E-state index in [1.807, 2.05) is 80.6 Å². The number of nitrogens with zero attached hydrogens (tertiary/aromatic N) is 1. The molecule has 2 amide bonds. The molecule has 0 saturated heterocycles. The van der Waals surface area contributed by atoms with Crippen LogP contribution in [0.2, 0.25) is 0 Å². The molecule has 0 heterocycles. The highest BCUT2D eigenvalue weighted by Gasteiger charge is 2.26. The quantitative estimate of drug-likeness (QED) is 0.615. The Morgan fingerprint density at radius 1 is 1.00 bits per heavy atom. The molecule has 3 rings (SSSR count). The first-order valence-electron chi connectivity index (χ1n) is 10.2. The molecule has 0 aliphatic heterocycles. The van der Waals surface area contributed by atoms with Gasteiger partial charge in [-0.1, -0.05) is 66.2 Å². The third-order valence-electron chi connectivity index (χ3n) is 5.09. The Labute approximate surface area is 177 Å². The Bertz CT molecular complexity index is 1010. The maximum Gasteiger partial charge on any atom is 0.261 e. The molecule has 1 atom stereocenters. The Morgan fingerprint density at radius 2 is 1.70 bits per heavy atom. The number of carbonyl (C=O) groups excluding carboxylic acids is 2. The molecule has 5 nitrogen and oxygen atoms in total. The minimum atomic E-state index is -0.602. The third-order valence-corrected chi connectivity index (χ3v) is 5.09. The van der Waals surface area contributed by atoms with Crippen LogP contribution in [-0.2, 0) is 16.1 Å². The number of likely N-dealkylation sites (N-methyl/N-ethyl adjacent to an activating group) is 1. The lowest BCUT2D eigenvalue weighted by molar-refractivity contribution is -0.142. The summed E-state index contributed by atoms with van der Waals surface area (Å²) in [4.78, 5) is 27.1. The number of aryl methyl sites for hydroxylation is 1. The molecule has 30 heavy (non-hydrogen) atoms. The van der Waals surface area contributed by atoms with Crippen molar-refractivity contribution in [2.45, 2.75) is 33.4 Å². The van der Waals surface area contributed by atoms with Crippen molar-refractivity contribution in [1.29, 1.82) is 0 Å². The van der Waals surface area contributed by atoms with Crippen molar-refractivity contribution in [2.24, 2.45) is 0 Å². The van der Waals surface area contributed by atoms with E-state index in [0.717, 1.165) is 21.9 Å². The lowest BCUT2D eigenvalue weighted by atomic mass is 10.1. The minimum absolute atomic E-state index is 0.135. The lowest BCUT2D eigenvalue weighted by Crippen LogP contribution is -2.49. The summed E-state index contributed by atoms with van der Waals surface area (Å²) in [6.07, 6.45) is 0. The highest BCUT2D eigenvalue weighted by molar-refractivity contribution is 5.90.